The lowest BCUT2D eigenvalue weighted by Gasteiger charge is -2.15. The van der Waals surface area contributed by atoms with E-state index in [1.165, 1.54) is 0 Å². The first kappa shape index (κ1) is 20.2. The first-order valence-corrected chi connectivity index (χ1v) is 9.45. The SMILES string of the molecule is C=C(COc1cc(C=O)c(C/C=C/c2ccccc2)cc1OC)c1ccccc1. The van der Waals surface area contributed by atoms with Crippen LogP contribution in [0.1, 0.15) is 27.0 Å². The largest absolute Gasteiger partial charge is 0.493 e. The second-order valence-corrected chi connectivity index (χ2v) is 6.60. The maximum atomic E-state index is 11.6. The molecule has 0 amide bonds. The van der Waals surface area contributed by atoms with E-state index in [0.717, 1.165) is 28.5 Å². The molecule has 3 nitrogen and oxygen atoms in total. The average Bonchev–Trinajstić information content (AvgIpc) is 2.78. The van der Waals surface area contributed by atoms with Gasteiger partial charge in [-0.3, -0.25) is 4.79 Å². The fraction of sp³-hybridized carbons (Fsp3) is 0.115. The third-order valence-electron chi connectivity index (χ3n) is 4.58. The number of benzene rings is 3. The van der Waals surface area contributed by atoms with Gasteiger partial charge in [0.1, 0.15) is 12.9 Å². The van der Waals surface area contributed by atoms with E-state index >= 15 is 0 Å². The Hall–Kier alpha value is -3.59. The van der Waals surface area contributed by atoms with E-state index in [4.69, 9.17) is 9.47 Å². The minimum Gasteiger partial charge on any atom is -0.493 e. The summed E-state index contributed by atoms with van der Waals surface area (Å²) >= 11 is 0. The van der Waals surface area contributed by atoms with Crippen molar-refractivity contribution in [2.75, 3.05) is 13.7 Å². The van der Waals surface area contributed by atoms with Crippen LogP contribution in [0.25, 0.3) is 11.6 Å². The summed E-state index contributed by atoms with van der Waals surface area (Å²) in [5.41, 5.74) is 4.47. The molecule has 0 fully saturated rings. The van der Waals surface area contributed by atoms with Gasteiger partial charge >= 0.3 is 0 Å². The number of carbonyl (C=O) groups excluding carboxylic acids is 1. The molecule has 0 saturated heterocycles. The number of hydrogen-bond donors (Lipinski definition) is 0. The van der Waals surface area contributed by atoms with Crippen LogP contribution in [-0.2, 0) is 6.42 Å². The molecule has 0 spiro atoms. The van der Waals surface area contributed by atoms with Gasteiger partial charge in [0.2, 0.25) is 0 Å². The highest BCUT2D eigenvalue weighted by Gasteiger charge is 2.12. The number of allylic oxidation sites excluding steroid dienone is 1. The van der Waals surface area contributed by atoms with Gasteiger partial charge in [0.25, 0.3) is 0 Å². The molecule has 0 saturated carbocycles. The Balaban J connectivity index is 1.74. The topological polar surface area (TPSA) is 35.5 Å². The highest BCUT2D eigenvalue weighted by atomic mass is 16.5. The molecule has 0 bridgehead atoms. The van der Waals surface area contributed by atoms with E-state index in [1.807, 2.05) is 78.9 Å². The highest BCUT2D eigenvalue weighted by molar-refractivity contribution is 5.79. The van der Waals surface area contributed by atoms with Crippen LogP contribution in [0.4, 0.5) is 0 Å². The van der Waals surface area contributed by atoms with Gasteiger partial charge in [-0.1, -0.05) is 79.4 Å². The van der Waals surface area contributed by atoms with Gasteiger partial charge in [0.15, 0.2) is 11.5 Å². The smallest absolute Gasteiger partial charge is 0.162 e. The predicted molar refractivity (Wildman–Crippen MR) is 119 cm³/mol. The molecule has 0 unspecified atom stereocenters. The van der Waals surface area contributed by atoms with Gasteiger partial charge < -0.3 is 9.47 Å². The summed E-state index contributed by atoms with van der Waals surface area (Å²) in [7, 11) is 1.60. The van der Waals surface area contributed by atoms with Crippen molar-refractivity contribution in [3.05, 3.63) is 108 Å². The molecule has 0 aliphatic rings. The van der Waals surface area contributed by atoms with Crippen LogP contribution in [0, 0.1) is 0 Å². The van der Waals surface area contributed by atoms with E-state index in [0.29, 0.717) is 30.1 Å². The Morgan fingerprint density at radius 2 is 1.66 bits per heavy atom. The summed E-state index contributed by atoms with van der Waals surface area (Å²) in [5, 5.41) is 0. The summed E-state index contributed by atoms with van der Waals surface area (Å²) < 4.78 is 11.4. The van der Waals surface area contributed by atoms with Gasteiger partial charge in [0.05, 0.1) is 7.11 Å². The number of ether oxygens (including phenoxy) is 2. The fourth-order valence-corrected chi connectivity index (χ4v) is 2.98. The molecule has 3 rings (SSSR count). The molecular formula is C26H24O3. The summed E-state index contributed by atoms with van der Waals surface area (Å²) in [4.78, 5) is 11.6. The second kappa shape index (κ2) is 10.1. The first-order chi connectivity index (χ1) is 14.2. The Labute approximate surface area is 171 Å². The van der Waals surface area contributed by atoms with Crippen molar-refractivity contribution >= 4 is 17.9 Å². The van der Waals surface area contributed by atoms with E-state index in [-0.39, 0.29) is 0 Å². The molecule has 3 aromatic rings. The predicted octanol–water partition coefficient (Wildman–Crippen LogP) is 5.86. The van der Waals surface area contributed by atoms with Gasteiger partial charge in [-0.15, -0.1) is 0 Å². The molecular weight excluding hydrogens is 360 g/mol. The Morgan fingerprint density at radius 1 is 0.966 bits per heavy atom. The minimum atomic E-state index is 0.311. The number of aldehydes is 1. The molecule has 0 aliphatic carbocycles. The van der Waals surface area contributed by atoms with Crippen LogP contribution in [0.2, 0.25) is 0 Å². The van der Waals surface area contributed by atoms with Gasteiger partial charge in [-0.2, -0.15) is 0 Å². The second-order valence-electron chi connectivity index (χ2n) is 6.60. The zero-order valence-electron chi connectivity index (χ0n) is 16.5. The van der Waals surface area contributed by atoms with Gasteiger partial charge in [-0.25, -0.2) is 0 Å². The van der Waals surface area contributed by atoms with Crippen LogP contribution in [0.5, 0.6) is 11.5 Å². The van der Waals surface area contributed by atoms with Crippen LogP contribution >= 0.6 is 0 Å². The van der Waals surface area contributed by atoms with Crippen molar-refractivity contribution in [3.8, 4) is 11.5 Å². The quantitative estimate of drug-likeness (QED) is 0.434. The van der Waals surface area contributed by atoms with Crippen molar-refractivity contribution in [1.82, 2.24) is 0 Å². The lowest BCUT2D eigenvalue weighted by Crippen LogP contribution is -2.03. The average molecular weight is 384 g/mol. The minimum absolute atomic E-state index is 0.311. The number of carbonyl (C=O) groups is 1. The molecule has 0 heterocycles. The van der Waals surface area contributed by atoms with Crippen LogP contribution < -0.4 is 9.47 Å². The van der Waals surface area contributed by atoms with Gasteiger partial charge in [0, 0.05) is 5.56 Å². The van der Waals surface area contributed by atoms with Crippen molar-refractivity contribution in [3.63, 3.8) is 0 Å². The maximum Gasteiger partial charge on any atom is 0.162 e. The summed E-state index contributed by atoms with van der Waals surface area (Å²) in [6.07, 6.45) is 5.55. The monoisotopic (exact) mass is 384 g/mol. The van der Waals surface area contributed by atoms with Crippen molar-refractivity contribution in [2.24, 2.45) is 0 Å². The van der Waals surface area contributed by atoms with Crippen LogP contribution in [0.15, 0.2) is 85.5 Å². The zero-order valence-corrected chi connectivity index (χ0v) is 16.5. The van der Waals surface area contributed by atoms with E-state index in [9.17, 15) is 4.79 Å². The molecule has 0 atom stereocenters. The van der Waals surface area contributed by atoms with Crippen LogP contribution in [-0.4, -0.2) is 20.0 Å². The lowest BCUT2D eigenvalue weighted by atomic mass is 10.0. The Bertz CT molecular complexity index is 989. The molecule has 0 aromatic heterocycles. The molecule has 0 N–H and O–H groups in total. The summed E-state index contributed by atoms with van der Waals surface area (Å²) in [6.45, 7) is 4.39. The van der Waals surface area contributed by atoms with E-state index < -0.39 is 0 Å². The fourth-order valence-electron chi connectivity index (χ4n) is 2.98. The molecule has 29 heavy (non-hydrogen) atoms. The molecule has 3 heteroatoms. The number of hydrogen-bond acceptors (Lipinski definition) is 3. The van der Waals surface area contributed by atoms with Gasteiger partial charge in [-0.05, 0) is 40.8 Å². The first-order valence-electron chi connectivity index (χ1n) is 9.45. The van der Waals surface area contributed by atoms with E-state index in [2.05, 4.69) is 6.58 Å². The summed E-state index contributed by atoms with van der Waals surface area (Å²) in [5.74, 6) is 1.13. The molecule has 0 radical (unpaired) electrons. The standard InChI is InChI=1S/C26H24O3/c1-20(22-13-7-4-8-14-22)19-29-26-17-24(18-27)23(16-25(26)28-2)15-9-12-21-10-5-3-6-11-21/h3-14,16-18H,1,15,19H2,2H3/b12-9+. The van der Waals surface area contributed by atoms with Crippen LogP contribution in [0.3, 0.4) is 0 Å². The molecule has 3 aromatic carbocycles. The van der Waals surface area contributed by atoms with Crippen molar-refractivity contribution in [2.45, 2.75) is 6.42 Å². The molecule has 0 aliphatic heterocycles. The number of methoxy groups -OCH3 is 1. The van der Waals surface area contributed by atoms with Crippen molar-refractivity contribution < 1.29 is 14.3 Å². The third kappa shape index (κ3) is 5.45. The van der Waals surface area contributed by atoms with E-state index in [1.54, 1.807) is 13.2 Å². The van der Waals surface area contributed by atoms with Crippen molar-refractivity contribution in [1.29, 1.82) is 0 Å². The Morgan fingerprint density at radius 3 is 2.31 bits per heavy atom. The molecule has 146 valence electrons. The number of rotatable bonds is 9. The normalized spacial score (nSPS) is 10.7. The highest BCUT2D eigenvalue weighted by Crippen LogP contribution is 2.31. The lowest BCUT2D eigenvalue weighted by molar-refractivity contribution is 0.112. The summed E-state index contributed by atoms with van der Waals surface area (Å²) in [6, 6.07) is 23.5. The maximum absolute atomic E-state index is 11.6. The Kier molecular flexibility index (Phi) is 7.01. The zero-order chi connectivity index (χ0) is 20.5. The third-order valence-corrected chi connectivity index (χ3v) is 4.58.